The van der Waals surface area contributed by atoms with Crippen LogP contribution in [0.25, 0.3) is 11.0 Å². The van der Waals surface area contributed by atoms with Crippen LogP contribution in [0.3, 0.4) is 0 Å². The van der Waals surface area contributed by atoms with Crippen molar-refractivity contribution in [3.8, 4) is 11.5 Å². The molecule has 0 saturated heterocycles. The van der Waals surface area contributed by atoms with E-state index in [1.807, 2.05) is 18.2 Å². The third-order valence-corrected chi connectivity index (χ3v) is 4.88. The van der Waals surface area contributed by atoms with Gasteiger partial charge in [-0.1, -0.05) is 15.9 Å². The van der Waals surface area contributed by atoms with Crippen LogP contribution in [0.2, 0.25) is 0 Å². The molecule has 0 saturated carbocycles. The molecular weight excluding hydrogens is 400 g/mol. The Balaban J connectivity index is 1.48. The fourth-order valence-corrected chi connectivity index (χ4v) is 3.43. The van der Waals surface area contributed by atoms with Gasteiger partial charge in [0.1, 0.15) is 17.1 Å². The Bertz CT molecular complexity index is 1040. The van der Waals surface area contributed by atoms with Gasteiger partial charge in [0, 0.05) is 21.5 Å². The molecule has 0 fully saturated rings. The highest BCUT2D eigenvalue weighted by Crippen LogP contribution is 2.29. The molecule has 4 rings (SSSR count). The second kappa shape index (κ2) is 6.96. The largest absolute Gasteiger partial charge is 0.482 e. The molecule has 0 amide bonds. The van der Waals surface area contributed by atoms with Crippen LogP contribution < -0.4 is 15.1 Å². The molecule has 0 aliphatic heterocycles. The number of ether oxygens (including phenoxy) is 2. The number of aryl methyl sites for hydroxylation is 1. The number of fused-ring (bicyclic) bond motifs is 3. The van der Waals surface area contributed by atoms with E-state index in [2.05, 4.69) is 15.9 Å². The maximum Gasteiger partial charge on any atom is 0.349 e. The van der Waals surface area contributed by atoms with E-state index in [-0.39, 0.29) is 12.2 Å². The number of esters is 1. The molecular formula is C20H15BrO5. The molecule has 1 aromatic heterocycles. The summed E-state index contributed by atoms with van der Waals surface area (Å²) in [5, 5.41) is 0.906. The van der Waals surface area contributed by atoms with Crippen LogP contribution in [0.5, 0.6) is 11.5 Å². The molecule has 1 aliphatic rings. The fourth-order valence-electron chi connectivity index (χ4n) is 3.16. The lowest BCUT2D eigenvalue weighted by Crippen LogP contribution is -2.17. The first-order valence-electron chi connectivity index (χ1n) is 8.28. The minimum absolute atomic E-state index is 0.214. The zero-order valence-electron chi connectivity index (χ0n) is 13.8. The molecule has 132 valence electrons. The van der Waals surface area contributed by atoms with Crippen LogP contribution in [0, 0.1) is 0 Å². The van der Waals surface area contributed by atoms with Crippen molar-refractivity contribution in [3.05, 3.63) is 68.5 Å². The maximum absolute atomic E-state index is 12.0. The lowest BCUT2D eigenvalue weighted by atomic mass is 10.1. The van der Waals surface area contributed by atoms with Gasteiger partial charge in [0.15, 0.2) is 6.61 Å². The molecule has 0 bridgehead atoms. The van der Waals surface area contributed by atoms with E-state index in [1.54, 1.807) is 24.3 Å². The summed E-state index contributed by atoms with van der Waals surface area (Å²) in [4.78, 5) is 24.0. The smallest absolute Gasteiger partial charge is 0.349 e. The molecule has 0 radical (unpaired) electrons. The lowest BCUT2D eigenvalue weighted by molar-refractivity contribution is -0.136. The second-order valence-corrected chi connectivity index (χ2v) is 6.99. The summed E-state index contributed by atoms with van der Waals surface area (Å²) < 4.78 is 17.0. The van der Waals surface area contributed by atoms with Gasteiger partial charge >= 0.3 is 11.6 Å². The van der Waals surface area contributed by atoms with Crippen LogP contribution in [0.1, 0.15) is 17.5 Å². The van der Waals surface area contributed by atoms with E-state index in [0.717, 1.165) is 40.2 Å². The van der Waals surface area contributed by atoms with Crippen LogP contribution in [0.15, 0.2) is 56.1 Å². The summed E-state index contributed by atoms with van der Waals surface area (Å²) in [5.41, 5.74) is 1.96. The third-order valence-electron chi connectivity index (χ3n) is 4.35. The van der Waals surface area contributed by atoms with Gasteiger partial charge in [-0.15, -0.1) is 0 Å². The second-order valence-electron chi connectivity index (χ2n) is 6.07. The van der Waals surface area contributed by atoms with Crippen molar-refractivity contribution in [2.45, 2.75) is 19.3 Å². The van der Waals surface area contributed by atoms with Gasteiger partial charge in [-0.05, 0) is 61.2 Å². The van der Waals surface area contributed by atoms with Crippen LogP contribution in [-0.2, 0) is 17.6 Å². The quantitative estimate of drug-likeness (QED) is 0.366. The minimum atomic E-state index is -0.532. The van der Waals surface area contributed by atoms with Crippen molar-refractivity contribution < 1.29 is 18.7 Å². The fraction of sp³-hybridized carbons (Fsp3) is 0.200. The van der Waals surface area contributed by atoms with E-state index in [0.29, 0.717) is 17.1 Å². The van der Waals surface area contributed by atoms with Crippen molar-refractivity contribution in [1.29, 1.82) is 0 Å². The normalized spacial score (nSPS) is 12.8. The molecule has 2 aromatic carbocycles. The number of carbonyl (C=O) groups is 1. The van der Waals surface area contributed by atoms with Gasteiger partial charge in [0.05, 0.1) is 0 Å². The van der Waals surface area contributed by atoms with Gasteiger partial charge in [-0.3, -0.25) is 0 Å². The molecule has 1 aliphatic carbocycles. The molecule has 0 unspecified atom stereocenters. The molecule has 6 heteroatoms. The van der Waals surface area contributed by atoms with E-state index >= 15 is 0 Å². The average Bonchev–Trinajstić information content (AvgIpc) is 3.12. The Hall–Kier alpha value is -2.60. The average molecular weight is 415 g/mol. The molecule has 0 atom stereocenters. The Morgan fingerprint density at radius 2 is 1.77 bits per heavy atom. The monoisotopic (exact) mass is 414 g/mol. The Morgan fingerprint density at radius 1 is 1.04 bits per heavy atom. The first-order valence-corrected chi connectivity index (χ1v) is 9.07. The van der Waals surface area contributed by atoms with Gasteiger partial charge < -0.3 is 13.9 Å². The molecule has 0 N–H and O–H groups in total. The lowest BCUT2D eigenvalue weighted by Gasteiger charge is -2.08. The SMILES string of the molecule is O=C(COc1ccc(Br)cc1)Oc1ccc2c3c(c(=O)oc2c1)CCC3. The van der Waals surface area contributed by atoms with Crippen molar-refractivity contribution in [3.63, 3.8) is 0 Å². The van der Waals surface area contributed by atoms with Crippen LogP contribution in [0.4, 0.5) is 0 Å². The summed E-state index contributed by atoms with van der Waals surface area (Å²) in [5.74, 6) is 0.365. The zero-order valence-corrected chi connectivity index (χ0v) is 15.4. The Labute approximate surface area is 157 Å². The van der Waals surface area contributed by atoms with Crippen molar-refractivity contribution in [2.24, 2.45) is 0 Å². The Morgan fingerprint density at radius 3 is 2.58 bits per heavy atom. The predicted molar refractivity (Wildman–Crippen MR) is 99.8 cm³/mol. The van der Waals surface area contributed by atoms with E-state index in [9.17, 15) is 9.59 Å². The van der Waals surface area contributed by atoms with Crippen molar-refractivity contribution in [1.82, 2.24) is 0 Å². The maximum atomic E-state index is 12.0. The first-order chi connectivity index (χ1) is 12.6. The van der Waals surface area contributed by atoms with Gasteiger partial charge in [-0.2, -0.15) is 0 Å². The summed E-state index contributed by atoms with van der Waals surface area (Å²) in [6, 6.07) is 12.3. The number of benzene rings is 2. The first kappa shape index (κ1) is 16.8. The van der Waals surface area contributed by atoms with E-state index in [4.69, 9.17) is 13.9 Å². The number of rotatable bonds is 4. The highest BCUT2D eigenvalue weighted by Gasteiger charge is 2.20. The molecule has 0 spiro atoms. The topological polar surface area (TPSA) is 65.7 Å². The Kier molecular flexibility index (Phi) is 4.51. The predicted octanol–water partition coefficient (Wildman–Crippen LogP) is 4.03. The van der Waals surface area contributed by atoms with Crippen LogP contribution in [-0.4, -0.2) is 12.6 Å². The summed E-state index contributed by atoms with van der Waals surface area (Å²) in [6.45, 7) is -0.214. The van der Waals surface area contributed by atoms with Crippen molar-refractivity contribution in [2.75, 3.05) is 6.61 Å². The molecule has 3 aromatic rings. The van der Waals surface area contributed by atoms with E-state index < -0.39 is 5.97 Å². The van der Waals surface area contributed by atoms with Gasteiger partial charge in [-0.25, -0.2) is 9.59 Å². The number of carbonyl (C=O) groups excluding carboxylic acids is 1. The summed E-state index contributed by atoms with van der Waals surface area (Å²) in [7, 11) is 0. The third kappa shape index (κ3) is 3.37. The number of halogens is 1. The summed E-state index contributed by atoms with van der Waals surface area (Å²) >= 11 is 3.33. The number of hydrogen-bond acceptors (Lipinski definition) is 5. The minimum Gasteiger partial charge on any atom is -0.482 e. The highest BCUT2D eigenvalue weighted by molar-refractivity contribution is 9.10. The highest BCUT2D eigenvalue weighted by atomic mass is 79.9. The summed E-state index contributed by atoms with van der Waals surface area (Å²) in [6.07, 6.45) is 2.60. The van der Waals surface area contributed by atoms with Crippen LogP contribution >= 0.6 is 15.9 Å². The standard InChI is InChI=1S/C20H15BrO5/c21-12-4-6-13(7-5-12)24-11-19(22)25-14-8-9-16-15-2-1-3-17(15)20(23)26-18(16)10-14/h4-10H,1-3,11H2. The molecule has 1 heterocycles. The van der Waals surface area contributed by atoms with Gasteiger partial charge in [0.2, 0.25) is 0 Å². The molecule has 5 nitrogen and oxygen atoms in total. The van der Waals surface area contributed by atoms with E-state index in [1.165, 1.54) is 0 Å². The van der Waals surface area contributed by atoms with Crippen molar-refractivity contribution >= 4 is 32.9 Å². The number of hydrogen-bond donors (Lipinski definition) is 0. The molecule has 26 heavy (non-hydrogen) atoms. The zero-order chi connectivity index (χ0) is 18.1. The van der Waals surface area contributed by atoms with Gasteiger partial charge in [0.25, 0.3) is 0 Å².